The van der Waals surface area contributed by atoms with Crippen molar-refractivity contribution < 1.29 is 67.8 Å². The van der Waals surface area contributed by atoms with Gasteiger partial charge in [0.1, 0.15) is 0 Å². The molecule has 0 aromatic heterocycles. The fourth-order valence-corrected chi connectivity index (χ4v) is 4.90. The van der Waals surface area contributed by atoms with Crippen LogP contribution < -0.4 is 51.4 Å². The Morgan fingerprint density at radius 2 is 0.526 bits per heavy atom. The van der Waals surface area contributed by atoms with Gasteiger partial charge in [-0.1, -0.05) is 181 Å². The summed E-state index contributed by atoms with van der Waals surface area (Å²) in [5.74, 6) is 0. The van der Waals surface area contributed by atoms with Gasteiger partial charge in [-0.25, -0.2) is 0 Å². The van der Waals surface area contributed by atoms with Crippen molar-refractivity contribution in [3.8, 4) is 0 Å². The molecule has 2 N–H and O–H groups in total. The number of hydrogen-bond donors (Lipinski definition) is 2. The molecule has 0 unspecified atom stereocenters. The van der Waals surface area contributed by atoms with Gasteiger partial charge < -0.3 is 16.4 Å². The number of hydrogen-bond acceptors (Lipinski definition) is 3. The molecule has 3 nitrogen and oxygen atoms in total. The molecule has 0 radical (unpaired) electrons. The van der Waals surface area contributed by atoms with Gasteiger partial charge in [0.15, 0.2) is 0 Å². The molecule has 0 aliphatic carbocycles. The largest absolute Gasteiger partial charge is 1.00 e. The Hall–Kier alpha value is 1.52. The summed E-state index contributed by atoms with van der Waals surface area (Å²) in [7, 11) is 0. The molecule has 0 heterocycles. The van der Waals surface area contributed by atoms with E-state index >= 15 is 0 Å². The number of aliphatic hydroxyl groups is 2. The number of rotatable bonds is 31. The Morgan fingerprint density at radius 1 is 0.342 bits per heavy atom. The van der Waals surface area contributed by atoms with E-state index in [9.17, 15) is 0 Å². The number of unbranched alkanes of at least 4 members (excludes halogenated alkanes) is 26. The molecule has 0 saturated heterocycles. The van der Waals surface area contributed by atoms with Crippen molar-refractivity contribution in [3.63, 3.8) is 0 Å². The fraction of sp³-hybridized carbons (Fsp3) is 1.00. The van der Waals surface area contributed by atoms with E-state index in [0.29, 0.717) is 0 Å². The summed E-state index contributed by atoms with van der Waals surface area (Å²) >= 11 is 0. The first-order valence-electron chi connectivity index (χ1n) is 17.1. The van der Waals surface area contributed by atoms with Crippen molar-refractivity contribution >= 4 is 0 Å². The molecule has 0 aromatic carbocycles. The van der Waals surface area contributed by atoms with Gasteiger partial charge in [-0.05, 0) is 12.8 Å². The first-order valence-corrected chi connectivity index (χ1v) is 17.1. The van der Waals surface area contributed by atoms with Crippen LogP contribution in [-0.2, 0) is 4.74 Å². The van der Waals surface area contributed by atoms with Crippen LogP contribution in [0.2, 0.25) is 0 Å². The summed E-state index contributed by atoms with van der Waals surface area (Å²) in [6, 6.07) is 0. The average Bonchev–Trinajstić information content (AvgIpc) is 2.92. The van der Waals surface area contributed by atoms with E-state index in [2.05, 4.69) is 13.8 Å². The molecule has 0 rings (SSSR count). The summed E-state index contributed by atoms with van der Waals surface area (Å²) in [5, 5.41) is 15.2. The van der Waals surface area contributed by atoms with Gasteiger partial charge in [-0.2, -0.15) is 0 Å². The summed E-state index contributed by atoms with van der Waals surface area (Å²) in [4.78, 5) is 0. The SMILES string of the molecule is CCCCCCCCCCCCCCCCOCCCCCCCCCCCCCCCC.OCCO.[H-].[K+]. The van der Waals surface area contributed by atoms with Gasteiger partial charge in [-0.3, -0.25) is 0 Å². The van der Waals surface area contributed by atoms with Gasteiger partial charge in [0, 0.05) is 13.2 Å². The van der Waals surface area contributed by atoms with Crippen LogP contribution in [0, 0.1) is 0 Å². The molecule has 38 heavy (non-hydrogen) atoms. The molecule has 0 fully saturated rings. The first-order chi connectivity index (χ1) is 18.3. The van der Waals surface area contributed by atoms with Crippen LogP contribution in [0.5, 0.6) is 0 Å². The summed E-state index contributed by atoms with van der Waals surface area (Å²) in [6.45, 7) is 6.34. The molecule has 0 saturated carbocycles. The van der Waals surface area contributed by atoms with Gasteiger partial charge in [0.25, 0.3) is 0 Å². The maximum atomic E-state index is 7.62. The minimum absolute atomic E-state index is 0. The van der Waals surface area contributed by atoms with Crippen LogP contribution in [0.25, 0.3) is 0 Å². The Morgan fingerprint density at radius 3 is 0.711 bits per heavy atom. The molecule has 0 atom stereocenters. The van der Waals surface area contributed by atoms with Crippen molar-refractivity contribution in [1.29, 1.82) is 0 Å². The van der Waals surface area contributed by atoms with Gasteiger partial charge in [-0.15, -0.1) is 0 Å². The molecule has 0 amide bonds. The van der Waals surface area contributed by atoms with Crippen LogP contribution in [0.4, 0.5) is 0 Å². The van der Waals surface area contributed by atoms with Crippen molar-refractivity contribution in [3.05, 3.63) is 0 Å². The quantitative estimate of drug-likeness (QED) is 0.0657. The summed E-state index contributed by atoms with van der Waals surface area (Å²) in [6.07, 6.45) is 40.1. The Kier molecular flexibility index (Phi) is 52.6. The standard InChI is InChI=1S/C32H66O.C2H6O2.K.H/c1-3-5-7-9-11-13-15-17-19-21-23-25-27-29-31-33-32-30-28-26-24-22-20-18-16-14-12-10-8-6-4-2;3-1-2-4;;/h3-32H2,1-2H3;3-4H,1-2H2;;/q;;+1;-1. The van der Waals surface area contributed by atoms with E-state index in [1.54, 1.807) is 0 Å². The molecule has 0 aliphatic rings. The third-order valence-corrected chi connectivity index (χ3v) is 7.38. The minimum Gasteiger partial charge on any atom is -1.00 e. The molecular weight excluding hydrogens is 495 g/mol. The van der Waals surface area contributed by atoms with Crippen LogP contribution in [-0.4, -0.2) is 36.6 Å². The maximum Gasteiger partial charge on any atom is 1.00 e. The monoisotopic (exact) mass is 569 g/mol. The molecule has 0 aliphatic heterocycles. The van der Waals surface area contributed by atoms with Crippen LogP contribution in [0.15, 0.2) is 0 Å². The van der Waals surface area contributed by atoms with E-state index < -0.39 is 0 Å². The van der Waals surface area contributed by atoms with Crippen molar-refractivity contribution in [2.45, 2.75) is 194 Å². The molecule has 0 spiro atoms. The van der Waals surface area contributed by atoms with Crippen molar-refractivity contribution in [1.82, 2.24) is 0 Å². The van der Waals surface area contributed by atoms with Gasteiger partial charge in [0.2, 0.25) is 0 Å². The Balaban J connectivity index is -0.000000948. The average molecular weight is 569 g/mol. The predicted molar refractivity (Wildman–Crippen MR) is 167 cm³/mol. The molecule has 0 aromatic rings. The van der Waals surface area contributed by atoms with E-state index in [-0.39, 0.29) is 66.0 Å². The van der Waals surface area contributed by atoms with Crippen LogP contribution in [0.3, 0.4) is 0 Å². The Labute approximate surface area is 285 Å². The summed E-state index contributed by atoms with van der Waals surface area (Å²) in [5.41, 5.74) is 0. The second kappa shape index (κ2) is 45.5. The predicted octanol–water partition coefficient (Wildman–Crippen LogP) is 8.05. The number of aliphatic hydroxyl groups excluding tert-OH is 2. The zero-order chi connectivity index (χ0) is 27.3. The van der Waals surface area contributed by atoms with E-state index in [1.165, 1.54) is 180 Å². The number of ether oxygens (including phenoxy) is 1. The van der Waals surface area contributed by atoms with Crippen LogP contribution in [0.1, 0.15) is 195 Å². The van der Waals surface area contributed by atoms with Crippen molar-refractivity contribution in [2.24, 2.45) is 0 Å². The topological polar surface area (TPSA) is 49.7 Å². The zero-order valence-corrected chi connectivity index (χ0v) is 30.1. The van der Waals surface area contributed by atoms with Gasteiger partial charge in [0.05, 0.1) is 13.2 Å². The normalized spacial score (nSPS) is 10.7. The molecule has 228 valence electrons. The second-order valence-corrected chi connectivity index (χ2v) is 11.3. The Bertz CT molecular complexity index is 329. The van der Waals surface area contributed by atoms with Gasteiger partial charge >= 0.3 is 51.4 Å². The second-order valence-electron chi connectivity index (χ2n) is 11.3. The molecule has 0 bridgehead atoms. The fourth-order valence-electron chi connectivity index (χ4n) is 4.90. The third kappa shape index (κ3) is 47.3. The van der Waals surface area contributed by atoms with Crippen molar-refractivity contribution in [2.75, 3.05) is 26.4 Å². The smallest absolute Gasteiger partial charge is 1.00 e. The third-order valence-electron chi connectivity index (χ3n) is 7.38. The summed E-state index contributed by atoms with van der Waals surface area (Å²) < 4.78 is 5.85. The minimum atomic E-state index is -0.125. The molecular formula is C34H73KO3. The molecule has 4 heteroatoms. The van der Waals surface area contributed by atoms with E-state index in [4.69, 9.17) is 14.9 Å². The van der Waals surface area contributed by atoms with E-state index in [1.807, 2.05) is 0 Å². The van der Waals surface area contributed by atoms with Crippen LogP contribution >= 0.6 is 0 Å². The maximum absolute atomic E-state index is 7.62. The van der Waals surface area contributed by atoms with E-state index in [0.717, 1.165) is 13.2 Å². The first kappa shape index (κ1) is 44.0. The zero-order valence-electron chi connectivity index (χ0n) is 27.9.